The number of hydrogen-bond acceptors (Lipinski definition) is 3. The number of benzene rings is 1. The van der Waals surface area contributed by atoms with Gasteiger partial charge >= 0.3 is 5.97 Å². The summed E-state index contributed by atoms with van der Waals surface area (Å²) in [5.41, 5.74) is 0.911. The molecule has 0 heterocycles. The van der Waals surface area contributed by atoms with Crippen molar-refractivity contribution in [3.63, 3.8) is 0 Å². The van der Waals surface area contributed by atoms with E-state index in [1.807, 2.05) is 26.0 Å². The molecule has 0 aliphatic rings. The number of rotatable bonds is 7. The number of carbonyl (C=O) groups excluding carboxylic acids is 2. The topological polar surface area (TPSA) is 46.6 Å². The molecule has 1 aromatic carbocycles. The summed E-state index contributed by atoms with van der Waals surface area (Å²) in [5, 5.41) is 0.648. The molecule has 1 atom stereocenters. The first-order chi connectivity index (χ1) is 10.3. The Morgan fingerprint density at radius 2 is 1.73 bits per heavy atom. The zero-order chi connectivity index (χ0) is 16.7. The minimum absolute atomic E-state index is 0.00627. The summed E-state index contributed by atoms with van der Waals surface area (Å²) in [7, 11) is 1.36. The lowest BCUT2D eigenvalue weighted by atomic mass is 10.1. The largest absolute Gasteiger partial charge is 0.469 e. The van der Waals surface area contributed by atoms with Crippen molar-refractivity contribution < 1.29 is 14.3 Å². The van der Waals surface area contributed by atoms with E-state index < -0.39 is 0 Å². The molecule has 0 saturated heterocycles. The van der Waals surface area contributed by atoms with Gasteiger partial charge in [0.05, 0.1) is 19.4 Å². The second-order valence-electron chi connectivity index (χ2n) is 5.92. The maximum Gasteiger partial charge on any atom is 0.310 e. The highest BCUT2D eigenvalue weighted by atomic mass is 35.5. The minimum atomic E-state index is -0.335. The number of hydrogen-bond donors (Lipinski definition) is 0. The molecule has 4 nitrogen and oxygen atoms in total. The van der Waals surface area contributed by atoms with Gasteiger partial charge in [0.15, 0.2) is 0 Å². The molecule has 22 heavy (non-hydrogen) atoms. The summed E-state index contributed by atoms with van der Waals surface area (Å²) in [6, 6.07) is 7.23. The number of amides is 1. The Bertz CT molecular complexity index is 499. The van der Waals surface area contributed by atoms with Gasteiger partial charge in [-0.05, 0) is 23.6 Å². The standard InChI is InChI=1S/C17H24ClNO3/c1-12(2)10-19(11-13(3)17(21)22-4)16(20)9-14-5-7-15(18)8-6-14/h5-8,12-13H,9-11H2,1-4H3. The number of ether oxygens (including phenoxy) is 1. The number of halogens is 1. The molecule has 0 fully saturated rings. The molecule has 122 valence electrons. The molecule has 0 saturated carbocycles. The molecular weight excluding hydrogens is 302 g/mol. The first-order valence-corrected chi connectivity index (χ1v) is 7.81. The second-order valence-corrected chi connectivity index (χ2v) is 6.36. The van der Waals surface area contributed by atoms with Gasteiger partial charge in [0.25, 0.3) is 0 Å². The zero-order valence-electron chi connectivity index (χ0n) is 13.6. The third-order valence-electron chi connectivity index (χ3n) is 3.30. The van der Waals surface area contributed by atoms with Gasteiger partial charge in [0.1, 0.15) is 0 Å². The van der Waals surface area contributed by atoms with Crippen molar-refractivity contribution in [1.82, 2.24) is 4.90 Å². The summed E-state index contributed by atoms with van der Waals surface area (Å²) >= 11 is 5.85. The third-order valence-corrected chi connectivity index (χ3v) is 3.56. The molecule has 0 aromatic heterocycles. The van der Waals surface area contributed by atoms with Crippen LogP contribution >= 0.6 is 11.6 Å². The smallest absolute Gasteiger partial charge is 0.310 e. The van der Waals surface area contributed by atoms with Crippen molar-refractivity contribution in [2.75, 3.05) is 20.2 Å². The fourth-order valence-electron chi connectivity index (χ4n) is 2.21. The van der Waals surface area contributed by atoms with Crippen LogP contribution in [0.15, 0.2) is 24.3 Å². The van der Waals surface area contributed by atoms with Crippen molar-refractivity contribution in [2.24, 2.45) is 11.8 Å². The molecule has 0 spiro atoms. The van der Waals surface area contributed by atoms with E-state index in [0.717, 1.165) is 5.56 Å². The minimum Gasteiger partial charge on any atom is -0.469 e. The molecule has 0 bridgehead atoms. The van der Waals surface area contributed by atoms with E-state index >= 15 is 0 Å². The van der Waals surface area contributed by atoms with Crippen molar-refractivity contribution in [3.8, 4) is 0 Å². The molecule has 0 aliphatic carbocycles. The quantitative estimate of drug-likeness (QED) is 0.723. The van der Waals surface area contributed by atoms with Crippen molar-refractivity contribution in [2.45, 2.75) is 27.2 Å². The summed E-state index contributed by atoms with van der Waals surface area (Å²) < 4.78 is 4.74. The van der Waals surface area contributed by atoms with Gasteiger partial charge in [-0.2, -0.15) is 0 Å². The number of carbonyl (C=O) groups is 2. The van der Waals surface area contributed by atoms with Crippen LogP contribution in [0.4, 0.5) is 0 Å². The van der Waals surface area contributed by atoms with Gasteiger partial charge in [-0.25, -0.2) is 0 Å². The van der Waals surface area contributed by atoms with Crippen LogP contribution in [0.5, 0.6) is 0 Å². The molecule has 5 heteroatoms. The number of nitrogens with zero attached hydrogens (tertiary/aromatic N) is 1. The van der Waals surface area contributed by atoms with Crippen molar-refractivity contribution in [1.29, 1.82) is 0 Å². The lowest BCUT2D eigenvalue weighted by Gasteiger charge is -2.27. The van der Waals surface area contributed by atoms with E-state index in [4.69, 9.17) is 16.3 Å². The van der Waals surface area contributed by atoms with Gasteiger partial charge < -0.3 is 9.64 Å². The summed E-state index contributed by atoms with van der Waals surface area (Å²) in [5.74, 6) is -0.295. The Kier molecular flexibility index (Phi) is 7.39. The average molecular weight is 326 g/mol. The highest BCUT2D eigenvalue weighted by molar-refractivity contribution is 6.30. The lowest BCUT2D eigenvalue weighted by molar-refractivity contribution is -0.146. The van der Waals surface area contributed by atoms with E-state index in [1.165, 1.54) is 7.11 Å². The van der Waals surface area contributed by atoms with Crippen molar-refractivity contribution in [3.05, 3.63) is 34.9 Å². The van der Waals surface area contributed by atoms with Crippen LogP contribution in [-0.2, 0) is 20.7 Å². The van der Waals surface area contributed by atoms with Gasteiger partial charge in [-0.3, -0.25) is 9.59 Å². The Balaban J connectivity index is 2.75. The van der Waals surface area contributed by atoms with Crippen LogP contribution in [0.2, 0.25) is 5.02 Å². The van der Waals surface area contributed by atoms with Crippen LogP contribution in [0.25, 0.3) is 0 Å². The van der Waals surface area contributed by atoms with Crippen LogP contribution in [-0.4, -0.2) is 37.0 Å². The van der Waals surface area contributed by atoms with Crippen LogP contribution < -0.4 is 0 Å². The molecule has 1 amide bonds. The first-order valence-electron chi connectivity index (χ1n) is 7.43. The van der Waals surface area contributed by atoms with Gasteiger partial charge in [0, 0.05) is 18.1 Å². The van der Waals surface area contributed by atoms with Crippen LogP contribution in [0.3, 0.4) is 0 Å². The fraction of sp³-hybridized carbons (Fsp3) is 0.529. The second kappa shape index (κ2) is 8.79. The summed E-state index contributed by atoms with van der Waals surface area (Å²) in [6.45, 7) is 6.86. The SMILES string of the molecule is COC(=O)C(C)CN(CC(C)C)C(=O)Cc1ccc(Cl)cc1. The molecular formula is C17H24ClNO3. The van der Waals surface area contributed by atoms with E-state index in [2.05, 4.69) is 0 Å². The molecule has 1 rings (SSSR count). The third kappa shape index (κ3) is 6.06. The van der Waals surface area contributed by atoms with E-state index in [0.29, 0.717) is 30.5 Å². The summed E-state index contributed by atoms with van der Waals surface area (Å²) in [6.07, 6.45) is 0.303. The molecule has 0 N–H and O–H groups in total. The van der Waals surface area contributed by atoms with Crippen LogP contribution in [0, 0.1) is 11.8 Å². The molecule has 0 aliphatic heterocycles. The lowest BCUT2D eigenvalue weighted by Crippen LogP contribution is -2.40. The van der Waals surface area contributed by atoms with Gasteiger partial charge in [0.2, 0.25) is 5.91 Å². The van der Waals surface area contributed by atoms with E-state index in [1.54, 1.807) is 24.0 Å². The highest BCUT2D eigenvalue weighted by Gasteiger charge is 2.22. The monoisotopic (exact) mass is 325 g/mol. The van der Waals surface area contributed by atoms with E-state index in [-0.39, 0.29) is 17.8 Å². The molecule has 1 aromatic rings. The average Bonchev–Trinajstić information content (AvgIpc) is 2.47. The van der Waals surface area contributed by atoms with Gasteiger partial charge in [-0.15, -0.1) is 0 Å². The predicted molar refractivity (Wildman–Crippen MR) is 87.8 cm³/mol. The van der Waals surface area contributed by atoms with Crippen LogP contribution in [0.1, 0.15) is 26.3 Å². The predicted octanol–water partition coefficient (Wildman–Crippen LogP) is 3.18. The maximum atomic E-state index is 12.5. The first kappa shape index (κ1) is 18.5. The highest BCUT2D eigenvalue weighted by Crippen LogP contribution is 2.13. The molecule has 0 radical (unpaired) electrons. The Labute approximate surface area is 137 Å². The maximum absolute atomic E-state index is 12.5. The van der Waals surface area contributed by atoms with E-state index in [9.17, 15) is 9.59 Å². The molecule has 1 unspecified atom stereocenters. The Morgan fingerprint density at radius 1 is 1.14 bits per heavy atom. The summed E-state index contributed by atoms with van der Waals surface area (Å²) in [4.78, 5) is 25.8. The fourth-order valence-corrected chi connectivity index (χ4v) is 2.34. The normalized spacial score (nSPS) is 12.1. The number of methoxy groups -OCH3 is 1. The Morgan fingerprint density at radius 3 is 2.23 bits per heavy atom. The number of esters is 1. The Hall–Kier alpha value is -1.55. The zero-order valence-corrected chi connectivity index (χ0v) is 14.4. The van der Waals surface area contributed by atoms with Crippen molar-refractivity contribution >= 4 is 23.5 Å². The van der Waals surface area contributed by atoms with Gasteiger partial charge in [-0.1, -0.05) is 44.5 Å².